The number of nitrogens with two attached hydrogens (primary N) is 2. The average molecular weight is 405 g/mol. The van der Waals surface area contributed by atoms with Crippen LogP contribution in [0, 0.1) is 5.92 Å². The van der Waals surface area contributed by atoms with Crippen molar-refractivity contribution in [1.29, 1.82) is 0 Å². The molecule has 0 spiro atoms. The van der Waals surface area contributed by atoms with Crippen LogP contribution in [0.15, 0.2) is 0 Å². The fourth-order valence-electron chi connectivity index (χ4n) is 2.19. The molecule has 0 aliphatic heterocycles. The van der Waals surface area contributed by atoms with Crippen LogP contribution in [0.1, 0.15) is 27.2 Å². The third-order valence-corrected chi connectivity index (χ3v) is 4.23. The Morgan fingerprint density at radius 3 is 1.82 bits per heavy atom. The Morgan fingerprint density at radius 2 is 1.43 bits per heavy atom. The minimum atomic E-state index is -1.48. The molecule has 0 aromatic rings. The fraction of sp³-hybridized carbons (Fsp3) is 0.750. The smallest absolute Gasteiger partial charge is 0.245 e. The second-order valence-corrected chi connectivity index (χ2v) is 6.53. The van der Waals surface area contributed by atoms with Gasteiger partial charge < -0.3 is 42.7 Å². The number of primary amides is 1. The minimum Gasteiger partial charge on any atom is -0.394 e. The molecule has 0 aromatic carbocycles. The first-order chi connectivity index (χ1) is 13.0. The summed E-state index contributed by atoms with van der Waals surface area (Å²) < 4.78 is 0. The van der Waals surface area contributed by atoms with Gasteiger partial charge in [-0.3, -0.25) is 19.2 Å². The molecule has 0 heterocycles. The number of rotatable bonds is 12. The lowest BCUT2D eigenvalue weighted by Gasteiger charge is -2.27. The summed E-state index contributed by atoms with van der Waals surface area (Å²) in [6.07, 6.45) is -0.812. The van der Waals surface area contributed by atoms with Gasteiger partial charge in [-0.2, -0.15) is 0 Å². The lowest BCUT2D eigenvalue weighted by Crippen LogP contribution is -2.61. The van der Waals surface area contributed by atoms with Crippen LogP contribution < -0.4 is 27.4 Å². The van der Waals surface area contributed by atoms with Gasteiger partial charge in [-0.15, -0.1) is 0 Å². The molecule has 0 aromatic heterocycles. The largest absolute Gasteiger partial charge is 0.394 e. The first kappa shape index (κ1) is 25.7. The summed E-state index contributed by atoms with van der Waals surface area (Å²) in [4.78, 5) is 47.9. The molecule has 0 aliphatic carbocycles. The van der Waals surface area contributed by atoms with E-state index in [-0.39, 0.29) is 5.92 Å². The number of nitrogens with one attached hydrogen (secondary N) is 3. The van der Waals surface area contributed by atoms with E-state index < -0.39 is 67.1 Å². The Hall–Kier alpha value is -2.28. The standard InChI is InChI=1S/C16H31N5O7/c1-4-7(2)11(13(18)25)20-16(28)12(8(3)24)21-15(27)10(6-23)19-14(26)9(17)5-22/h7-12,22-24H,4-6,17H2,1-3H3,(H2,18,25)(H,19,26)(H,20,28)(H,21,27)/t7-,8+,9-,10-,11-,12-/m0/s1. The Bertz CT molecular complexity index is 558. The number of hydrogen-bond donors (Lipinski definition) is 8. The molecule has 0 rings (SSSR count). The Labute approximate surface area is 163 Å². The van der Waals surface area contributed by atoms with Crippen LogP contribution >= 0.6 is 0 Å². The number of amides is 4. The molecule has 10 N–H and O–H groups in total. The zero-order valence-electron chi connectivity index (χ0n) is 16.2. The third kappa shape index (κ3) is 7.76. The molecule has 0 radical (unpaired) electrons. The number of carbonyl (C=O) groups is 4. The highest BCUT2D eigenvalue weighted by Gasteiger charge is 2.33. The summed E-state index contributed by atoms with van der Waals surface area (Å²) in [6.45, 7) is 3.25. The van der Waals surface area contributed by atoms with Crippen LogP contribution in [-0.4, -0.2) is 82.4 Å². The van der Waals surface area contributed by atoms with Crippen molar-refractivity contribution in [3.8, 4) is 0 Å². The Morgan fingerprint density at radius 1 is 0.893 bits per heavy atom. The highest BCUT2D eigenvalue weighted by Crippen LogP contribution is 2.08. The van der Waals surface area contributed by atoms with Crippen molar-refractivity contribution >= 4 is 23.6 Å². The normalized spacial score (nSPS) is 17.4. The SMILES string of the molecule is CC[C@H](C)[C@H](NC(=O)[C@@H](NC(=O)[C@H](CO)NC(=O)[C@@H](N)CO)[C@@H](C)O)C(N)=O. The highest BCUT2D eigenvalue weighted by atomic mass is 16.3. The molecule has 6 atom stereocenters. The molecule has 12 nitrogen and oxygen atoms in total. The van der Waals surface area contributed by atoms with E-state index in [1.165, 1.54) is 6.92 Å². The summed E-state index contributed by atoms with van der Waals surface area (Å²) in [7, 11) is 0. The van der Waals surface area contributed by atoms with Gasteiger partial charge in [0.25, 0.3) is 0 Å². The first-order valence-corrected chi connectivity index (χ1v) is 8.85. The summed E-state index contributed by atoms with van der Waals surface area (Å²) in [5, 5.41) is 34.7. The van der Waals surface area contributed by atoms with Gasteiger partial charge in [0.15, 0.2) is 0 Å². The zero-order chi connectivity index (χ0) is 22.0. The van der Waals surface area contributed by atoms with E-state index in [0.717, 1.165) is 0 Å². The van der Waals surface area contributed by atoms with Crippen molar-refractivity contribution in [2.45, 2.75) is 57.5 Å². The lowest BCUT2D eigenvalue weighted by molar-refractivity contribution is -0.136. The molecule has 0 saturated carbocycles. The fourth-order valence-corrected chi connectivity index (χ4v) is 2.19. The quantitative estimate of drug-likeness (QED) is 0.158. The number of aliphatic hydroxyl groups excluding tert-OH is 3. The molecule has 162 valence electrons. The van der Waals surface area contributed by atoms with E-state index >= 15 is 0 Å². The van der Waals surface area contributed by atoms with Crippen molar-refractivity contribution in [2.75, 3.05) is 13.2 Å². The van der Waals surface area contributed by atoms with Crippen LogP contribution in [0.2, 0.25) is 0 Å². The predicted molar refractivity (Wildman–Crippen MR) is 98.3 cm³/mol. The van der Waals surface area contributed by atoms with E-state index in [2.05, 4.69) is 16.0 Å². The summed E-state index contributed by atoms with van der Waals surface area (Å²) in [5.41, 5.74) is 10.6. The van der Waals surface area contributed by atoms with Crippen LogP contribution in [0.5, 0.6) is 0 Å². The second kappa shape index (κ2) is 12.2. The van der Waals surface area contributed by atoms with E-state index in [0.29, 0.717) is 6.42 Å². The molecule has 0 aliphatic rings. The summed E-state index contributed by atoms with van der Waals surface area (Å²) in [5.74, 6) is -3.77. The molecule has 4 amide bonds. The van der Waals surface area contributed by atoms with Gasteiger partial charge in [-0.25, -0.2) is 0 Å². The van der Waals surface area contributed by atoms with E-state index in [4.69, 9.17) is 16.6 Å². The number of hydrogen-bond acceptors (Lipinski definition) is 8. The van der Waals surface area contributed by atoms with Gasteiger partial charge in [-0.1, -0.05) is 20.3 Å². The maximum atomic E-state index is 12.4. The molecule has 0 saturated heterocycles. The molecule has 12 heteroatoms. The Balaban J connectivity index is 5.21. The monoisotopic (exact) mass is 405 g/mol. The van der Waals surface area contributed by atoms with Crippen molar-refractivity contribution < 1.29 is 34.5 Å². The van der Waals surface area contributed by atoms with Crippen LogP contribution in [0.4, 0.5) is 0 Å². The lowest BCUT2D eigenvalue weighted by atomic mass is 9.98. The maximum absolute atomic E-state index is 12.4. The highest BCUT2D eigenvalue weighted by molar-refractivity contribution is 5.94. The number of aliphatic hydroxyl groups is 3. The van der Waals surface area contributed by atoms with Crippen molar-refractivity contribution in [3.05, 3.63) is 0 Å². The minimum absolute atomic E-state index is 0.281. The molecule has 28 heavy (non-hydrogen) atoms. The second-order valence-electron chi connectivity index (χ2n) is 6.53. The van der Waals surface area contributed by atoms with Crippen LogP contribution in [0.25, 0.3) is 0 Å². The number of carbonyl (C=O) groups excluding carboxylic acids is 4. The van der Waals surface area contributed by atoms with Crippen LogP contribution in [0.3, 0.4) is 0 Å². The average Bonchev–Trinajstić information content (AvgIpc) is 2.65. The first-order valence-electron chi connectivity index (χ1n) is 8.85. The van der Waals surface area contributed by atoms with Gasteiger partial charge >= 0.3 is 0 Å². The summed E-state index contributed by atoms with van der Waals surface area (Å²) >= 11 is 0. The maximum Gasteiger partial charge on any atom is 0.245 e. The van der Waals surface area contributed by atoms with Gasteiger partial charge in [0, 0.05) is 0 Å². The third-order valence-electron chi connectivity index (χ3n) is 4.23. The van der Waals surface area contributed by atoms with Crippen molar-refractivity contribution in [1.82, 2.24) is 16.0 Å². The van der Waals surface area contributed by atoms with E-state index in [1.807, 2.05) is 0 Å². The van der Waals surface area contributed by atoms with Crippen molar-refractivity contribution in [3.63, 3.8) is 0 Å². The van der Waals surface area contributed by atoms with Crippen molar-refractivity contribution in [2.24, 2.45) is 17.4 Å². The van der Waals surface area contributed by atoms with E-state index in [1.54, 1.807) is 13.8 Å². The van der Waals surface area contributed by atoms with Gasteiger partial charge in [0.1, 0.15) is 24.2 Å². The molecule has 0 fully saturated rings. The molecule has 0 bridgehead atoms. The molecule has 0 unspecified atom stereocenters. The molecular weight excluding hydrogens is 374 g/mol. The van der Waals surface area contributed by atoms with Crippen LogP contribution in [-0.2, 0) is 19.2 Å². The summed E-state index contributed by atoms with van der Waals surface area (Å²) in [6, 6.07) is -5.26. The topological polar surface area (TPSA) is 217 Å². The van der Waals surface area contributed by atoms with Gasteiger partial charge in [0.2, 0.25) is 23.6 Å². The zero-order valence-corrected chi connectivity index (χ0v) is 16.2. The molecular formula is C16H31N5O7. The van der Waals surface area contributed by atoms with Gasteiger partial charge in [-0.05, 0) is 12.8 Å². The predicted octanol–water partition coefficient (Wildman–Crippen LogP) is -4.34. The van der Waals surface area contributed by atoms with E-state index in [9.17, 15) is 29.4 Å². The Kier molecular flexibility index (Phi) is 11.2. The van der Waals surface area contributed by atoms with Gasteiger partial charge in [0.05, 0.1) is 19.3 Å².